The smallest absolute Gasteiger partial charge is 0.0967 e. The third-order valence-electron chi connectivity index (χ3n) is 3.89. The van der Waals surface area contributed by atoms with Crippen molar-refractivity contribution in [1.82, 2.24) is 15.1 Å². The maximum atomic E-state index is 9.19. The van der Waals surface area contributed by atoms with Crippen LogP contribution in [0.2, 0.25) is 0 Å². The van der Waals surface area contributed by atoms with E-state index in [4.69, 9.17) is 0 Å². The van der Waals surface area contributed by atoms with Crippen molar-refractivity contribution in [2.45, 2.75) is 58.2 Å². The first-order chi connectivity index (χ1) is 9.06. The molecule has 1 aliphatic heterocycles. The van der Waals surface area contributed by atoms with Crippen LogP contribution in [0.4, 0.5) is 0 Å². The molecule has 2 unspecified atom stereocenters. The van der Waals surface area contributed by atoms with Gasteiger partial charge in [0.2, 0.25) is 0 Å². The van der Waals surface area contributed by atoms with E-state index in [9.17, 15) is 5.26 Å². The fourth-order valence-electron chi connectivity index (χ4n) is 2.86. The Kier molecular flexibility index (Phi) is 7.37. The molecule has 0 spiro atoms. The molecule has 0 aromatic heterocycles. The Labute approximate surface area is 118 Å². The normalized spacial score (nSPS) is 24.1. The summed E-state index contributed by atoms with van der Waals surface area (Å²) in [4.78, 5) is 5.01. The molecule has 0 bridgehead atoms. The molecule has 0 amide bonds. The van der Waals surface area contributed by atoms with Crippen molar-refractivity contribution in [3.05, 3.63) is 0 Å². The lowest BCUT2D eigenvalue weighted by atomic mass is 10.1. The second-order valence-corrected chi connectivity index (χ2v) is 6.01. The lowest BCUT2D eigenvalue weighted by Crippen LogP contribution is -2.43. The van der Waals surface area contributed by atoms with Crippen molar-refractivity contribution >= 4 is 0 Å². The maximum Gasteiger partial charge on any atom is 0.0967 e. The molecule has 1 fully saturated rings. The van der Waals surface area contributed by atoms with Crippen LogP contribution in [0, 0.1) is 11.3 Å². The summed E-state index contributed by atoms with van der Waals surface area (Å²) in [5.74, 6) is 0. The SMILES string of the molecule is CCC1CN(C)CCCN1CCC(C#N)NC(C)C. The summed E-state index contributed by atoms with van der Waals surface area (Å²) < 4.78 is 0. The van der Waals surface area contributed by atoms with Crippen molar-refractivity contribution in [3.8, 4) is 6.07 Å². The molecule has 1 aliphatic rings. The molecule has 1 heterocycles. The van der Waals surface area contributed by atoms with Gasteiger partial charge in [0, 0.05) is 25.2 Å². The molecule has 1 rings (SSSR count). The molecule has 0 saturated carbocycles. The lowest BCUT2D eigenvalue weighted by Gasteiger charge is -2.31. The average Bonchev–Trinajstić information content (AvgIpc) is 2.55. The molecule has 0 aliphatic carbocycles. The van der Waals surface area contributed by atoms with E-state index < -0.39 is 0 Å². The highest BCUT2D eigenvalue weighted by Crippen LogP contribution is 2.13. The summed E-state index contributed by atoms with van der Waals surface area (Å²) in [7, 11) is 2.21. The maximum absolute atomic E-state index is 9.19. The lowest BCUT2D eigenvalue weighted by molar-refractivity contribution is 0.178. The first-order valence-corrected chi connectivity index (χ1v) is 7.65. The minimum absolute atomic E-state index is 0.0153. The van der Waals surface area contributed by atoms with Gasteiger partial charge in [-0.2, -0.15) is 5.26 Å². The van der Waals surface area contributed by atoms with Crippen molar-refractivity contribution in [1.29, 1.82) is 5.26 Å². The van der Waals surface area contributed by atoms with Crippen molar-refractivity contribution < 1.29 is 0 Å². The monoisotopic (exact) mass is 266 g/mol. The fourth-order valence-corrected chi connectivity index (χ4v) is 2.86. The Bertz CT molecular complexity index is 284. The summed E-state index contributed by atoms with van der Waals surface area (Å²) >= 11 is 0. The van der Waals surface area contributed by atoms with E-state index in [0.29, 0.717) is 12.1 Å². The Morgan fingerprint density at radius 2 is 2.11 bits per heavy atom. The molecule has 110 valence electrons. The number of nitrogens with one attached hydrogen (secondary N) is 1. The van der Waals surface area contributed by atoms with Crippen LogP contribution in [0.25, 0.3) is 0 Å². The summed E-state index contributed by atoms with van der Waals surface area (Å²) in [6.45, 7) is 11.0. The molecule has 4 nitrogen and oxygen atoms in total. The molecule has 19 heavy (non-hydrogen) atoms. The number of hydrogen-bond donors (Lipinski definition) is 1. The molecule has 0 radical (unpaired) electrons. The van der Waals surface area contributed by atoms with E-state index >= 15 is 0 Å². The van der Waals surface area contributed by atoms with Gasteiger partial charge >= 0.3 is 0 Å². The zero-order valence-electron chi connectivity index (χ0n) is 13.0. The molecule has 2 atom stereocenters. The van der Waals surface area contributed by atoms with Crippen LogP contribution in [0.1, 0.15) is 40.0 Å². The fraction of sp³-hybridized carbons (Fsp3) is 0.933. The number of nitrogens with zero attached hydrogens (tertiary/aromatic N) is 3. The minimum atomic E-state index is -0.0153. The van der Waals surface area contributed by atoms with Crippen LogP contribution in [-0.2, 0) is 0 Å². The summed E-state index contributed by atoms with van der Waals surface area (Å²) in [5, 5.41) is 12.5. The average molecular weight is 266 g/mol. The van der Waals surface area contributed by atoms with E-state index in [1.165, 1.54) is 25.9 Å². The van der Waals surface area contributed by atoms with Crippen LogP contribution < -0.4 is 5.32 Å². The van der Waals surface area contributed by atoms with Crippen LogP contribution in [0.3, 0.4) is 0 Å². The standard InChI is InChI=1S/C15H30N4/c1-5-15-12-18(4)8-6-9-19(15)10-7-14(11-16)17-13(2)3/h13-15,17H,5-10,12H2,1-4H3. The summed E-state index contributed by atoms with van der Waals surface area (Å²) in [6.07, 6.45) is 3.36. The number of hydrogen-bond acceptors (Lipinski definition) is 4. The van der Waals surface area contributed by atoms with Gasteiger partial charge < -0.3 is 4.90 Å². The van der Waals surface area contributed by atoms with Crippen molar-refractivity contribution in [3.63, 3.8) is 0 Å². The van der Waals surface area contributed by atoms with E-state index in [2.05, 4.69) is 49.0 Å². The Morgan fingerprint density at radius 1 is 1.37 bits per heavy atom. The molecule has 4 heteroatoms. The first kappa shape index (κ1) is 16.4. The van der Waals surface area contributed by atoms with Gasteiger partial charge in [-0.15, -0.1) is 0 Å². The third kappa shape index (κ3) is 5.90. The predicted octanol–water partition coefficient (Wildman–Crippen LogP) is 1.68. The van der Waals surface area contributed by atoms with Crippen LogP contribution in [0.5, 0.6) is 0 Å². The van der Waals surface area contributed by atoms with Gasteiger partial charge in [-0.25, -0.2) is 0 Å². The third-order valence-corrected chi connectivity index (χ3v) is 3.89. The van der Waals surface area contributed by atoms with E-state index in [0.717, 1.165) is 19.5 Å². The van der Waals surface area contributed by atoms with Gasteiger partial charge in [0.1, 0.15) is 0 Å². The minimum Gasteiger partial charge on any atom is -0.305 e. The van der Waals surface area contributed by atoms with Crippen LogP contribution >= 0.6 is 0 Å². The highest BCUT2D eigenvalue weighted by molar-refractivity contribution is 4.92. The molecular weight excluding hydrogens is 236 g/mol. The number of nitriles is 1. The Balaban J connectivity index is 2.46. The zero-order valence-corrected chi connectivity index (χ0v) is 13.0. The van der Waals surface area contributed by atoms with Crippen LogP contribution in [0.15, 0.2) is 0 Å². The van der Waals surface area contributed by atoms with E-state index in [1.807, 2.05) is 0 Å². The second kappa shape index (κ2) is 8.52. The molecule has 0 aromatic rings. The van der Waals surface area contributed by atoms with Crippen molar-refractivity contribution in [2.75, 3.05) is 33.2 Å². The Hall–Kier alpha value is -0.630. The molecule has 0 aromatic carbocycles. The van der Waals surface area contributed by atoms with E-state index in [-0.39, 0.29) is 6.04 Å². The van der Waals surface area contributed by atoms with Gasteiger partial charge in [0.25, 0.3) is 0 Å². The number of rotatable bonds is 6. The largest absolute Gasteiger partial charge is 0.305 e. The summed E-state index contributed by atoms with van der Waals surface area (Å²) in [5.41, 5.74) is 0. The van der Waals surface area contributed by atoms with Gasteiger partial charge in [-0.1, -0.05) is 6.92 Å². The van der Waals surface area contributed by atoms with Crippen LogP contribution in [-0.4, -0.2) is 61.2 Å². The topological polar surface area (TPSA) is 42.3 Å². The van der Waals surface area contributed by atoms with Crippen molar-refractivity contribution in [2.24, 2.45) is 0 Å². The Morgan fingerprint density at radius 3 is 2.68 bits per heavy atom. The van der Waals surface area contributed by atoms with Gasteiger partial charge in [-0.3, -0.25) is 10.2 Å². The highest BCUT2D eigenvalue weighted by atomic mass is 15.2. The molecule has 1 N–H and O–H groups in total. The van der Waals surface area contributed by atoms with Gasteiger partial charge in [0.15, 0.2) is 0 Å². The predicted molar refractivity (Wildman–Crippen MR) is 80.1 cm³/mol. The zero-order chi connectivity index (χ0) is 14.3. The van der Waals surface area contributed by atoms with Gasteiger partial charge in [0.05, 0.1) is 12.1 Å². The molecular formula is C15H30N4. The quantitative estimate of drug-likeness (QED) is 0.794. The summed E-state index contributed by atoms with van der Waals surface area (Å²) in [6, 6.07) is 3.39. The van der Waals surface area contributed by atoms with Gasteiger partial charge in [-0.05, 0) is 53.2 Å². The number of likely N-dealkylation sites (N-methyl/N-ethyl adjacent to an activating group) is 1. The second-order valence-electron chi connectivity index (χ2n) is 6.01. The van der Waals surface area contributed by atoms with E-state index in [1.54, 1.807) is 0 Å². The molecule has 1 saturated heterocycles. The highest BCUT2D eigenvalue weighted by Gasteiger charge is 2.22. The first-order valence-electron chi connectivity index (χ1n) is 7.65.